The van der Waals surface area contributed by atoms with Crippen molar-refractivity contribution in [2.45, 2.75) is 30.7 Å². The summed E-state index contributed by atoms with van der Waals surface area (Å²) in [5.41, 5.74) is 0.312. The van der Waals surface area contributed by atoms with Gasteiger partial charge in [0.1, 0.15) is 42.0 Å². The highest BCUT2D eigenvalue weighted by Crippen LogP contribution is 2.40. The monoisotopic (exact) mass is 476 g/mol. The Hall–Kier alpha value is -3.35. The van der Waals surface area contributed by atoms with Crippen LogP contribution in [0.25, 0.3) is 22.1 Å². The second-order valence-electron chi connectivity index (χ2n) is 7.68. The van der Waals surface area contributed by atoms with Gasteiger partial charge in [-0.15, -0.1) is 0 Å². The number of hydrogen-bond acceptors (Lipinski definition) is 11. The summed E-state index contributed by atoms with van der Waals surface area (Å²) in [5, 5.41) is 49.7. The topological polar surface area (TPSA) is 168 Å². The molecule has 0 bridgehead atoms. The zero-order valence-electron chi connectivity index (χ0n) is 18.2. The molecule has 0 saturated carbocycles. The van der Waals surface area contributed by atoms with E-state index in [1.165, 1.54) is 50.8 Å². The van der Waals surface area contributed by atoms with Gasteiger partial charge in [0.15, 0.2) is 16.9 Å². The minimum atomic E-state index is -1.59. The third-order valence-corrected chi connectivity index (χ3v) is 5.62. The molecule has 5 N–H and O–H groups in total. The molecule has 0 radical (unpaired) electrons. The molecular formula is C23H24O11. The Bertz CT molecular complexity index is 1240. The molecule has 5 atom stereocenters. The van der Waals surface area contributed by atoms with Gasteiger partial charge in [-0.2, -0.15) is 0 Å². The first-order chi connectivity index (χ1) is 16.3. The Morgan fingerprint density at radius 1 is 1.00 bits per heavy atom. The summed E-state index contributed by atoms with van der Waals surface area (Å²) < 4.78 is 26.8. The summed E-state index contributed by atoms with van der Waals surface area (Å²) in [4.78, 5) is 13.1. The fourth-order valence-electron chi connectivity index (χ4n) is 3.78. The SMILES string of the molecule is COc1cc(-c2coc3cc(O[C@@H]4O[C@H](CO)[C@@H](O)[C@H](O)[C@H]4O)ccc3c2=O)cc(O)c1OC. The van der Waals surface area contributed by atoms with Gasteiger partial charge in [0.25, 0.3) is 0 Å². The van der Waals surface area contributed by atoms with Gasteiger partial charge < -0.3 is 48.9 Å². The first-order valence-electron chi connectivity index (χ1n) is 10.3. The number of ether oxygens (including phenoxy) is 4. The molecule has 3 aromatic rings. The molecule has 1 aromatic heterocycles. The lowest BCUT2D eigenvalue weighted by atomic mass is 9.99. The largest absolute Gasteiger partial charge is 0.504 e. The quantitative estimate of drug-likeness (QED) is 0.333. The van der Waals surface area contributed by atoms with Gasteiger partial charge in [-0.05, 0) is 29.8 Å². The Morgan fingerprint density at radius 3 is 2.44 bits per heavy atom. The third-order valence-electron chi connectivity index (χ3n) is 5.62. The Kier molecular flexibility index (Phi) is 6.64. The molecule has 1 aliphatic heterocycles. The average molecular weight is 476 g/mol. The number of fused-ring (bicyclic) bond motifs is 1. The molecule has 1 fully saturated rings. The zero-order valence-corrected chi connectivity index (χ0v) is 18.2. The van der Waals surface area contributed by atoms with Crippen molar-refractivity contribution in [1.29, 1.82) is 0 Å². The molecule has 1 aliphatic rings. The summed E-state index contributed by atoms with van der Waals surface area (Å²) in [6.45, 7) is -0.591. The first kappa shape index (κ1) is 23.8. The van der Waals surface area contributed by atoms with Crippen LogP contribution in [0.4, 0.5) is 0 Å². The van der Waals surface area contributed by atoms with Crippen LogP contribution < -0.4 is 19.6 Å². The minimum absolute atomic E-state index is 0.131. The fourth-order valence-corrected chi connectivity index (χ4v) is 3.78. The van der Waals surface area contributed by atoms with Gasteiger partial charge in [0.2, 0.25) is 12.0 Å². The Balaban J connectivity index is 1.65. The van der Waals surface area contributed by atoms with Crippen molar-refractivity contribution in [3.05, 3.63) is 46.8 Å². The molecule has 34 heavy (non-hydrogen) atoms. The smallest absolute Gasteiger partial charge is 0.229 e. The molecule has 2 aromatic carbocycles. The van der Waals surface area contributed by atoms with E-state index < -0.39 is 37.3 Å². The van der Waals surface area contributed by atoms with Crippen molar-refractivity contribution in [3.8, 4) is 34.1 Å². The summed E-state index contributed by atoms with van der Waals surface area (Å²) >= 11 is 0. The van der Waals surface area contributed by atoms with E-state index in [2.05, 4.69) is 0 Å². The number of methoxy groups -OCH3 is 2. The highest BCUT2D eigenvalue weighted by atomic mass is 16.7. The average Bonchev–Trinajstić information content (AvgIpc) is 2.84. The van der Waals surface area contributed by atoms with Crippen LogP contribution in [0.2, 0.25) is 0 Å². The lowest BCUT2D eigenvalue weighted by molar-refractivity contribution is -0.277. The lowest BCUT2D eigenvalue weighted by Gasteiger charge is -2.39. The van der Waals surface area contributed by atoms with E-state index >= 15 is 0 Å². The highest BCUT2D eigenvalue weighted by molar-refractivity contribution is 5.83. The fraction of sp³-hybridized carbons (Fsp3) is 0.348. The van der Waals surface area contributed by atoms with Crippen LogP contribution in [0.15, 0.2) is 45.8 Å². The standard InChI is InChI=1S/C23H24O11/c1-30-16-6-10(5-14(25)22(16)31-2)13-9-32-15-7-11(3-4-12(15)18(13)26)33-23-21(29)20(28)19(27)17(8-24)34-23/h3-7,9,17,19-21,23-25,27-29H,8H2,1-2H3/t17-,19-,20+,21-,23-/m1/s1. The van der Waals surface area contributed by atoms with Crippen LogP contribution in [0.1, 0.15) is 0 Å². The maximum atomic E-state index is 13.1. The maximum absolute atomic E-state index is 13.1. The highest BCUT2D eigenvalue weighted by Gasteiger charge is 2.44. The molecular weight excluding hydrogens is 452 g/mol. The molecule has 0 amide bonds. The minimum Gasteiger partial charge on any atom is -0.504 e. The first-order valence-corrected chi connectivity index (χ1v) is 10.3. The molecule has 11 heteroatoms. The van der Waals surface area contributed by atoms with Crippen molar-refractivity contribution >= 4 is 11.0 Å². The van der Waals surface area contributed by atoms with Gasteiger partial charge in [-0.25, -0.2) is 0 Å². The molecule has 0 unspecified atom stereocenters. The predicted molar refractivity (Wildman–Crippen MR) is 117 cm³/mol. The summed E-state index contributed by atoms with van der Waals surface area (Å²) in [6.07, 6.45) is -5.96. The van der Waals surface area contributed by atoms with Gasteiger partial charge in [-0.3, -0.25) is 4.79 Å². The number of benzene rings is 2. The predicted octanol–water partition coefficient (Wildman–Crippen LogP) is 0.361. The van der Waals surface area contributed by atoms with Crippen LogP contribution in [0.5, 0.6) is 23.0 Å². The number of aromatic hydroxyl groups is 1. The summed E-state index contributed by atoms with van der Waals surface area (Å²) in [6, 6.07) is 7.18. The maximum Gasteiger partial charge on any atom is 0.229 e. The van der Waals surface area contributed by atoms with Gasteiger partial charge in [0.05, 0.1) is 31.8 Å². The van der Waals surface area contributed by atoms with Crippen LogP contribution in [-0.4, -0.2) is 77.1 Å². The van der Waals surface area contributed by atoms with Crippen LogP contribution >= 0.6 is 0 Å². The molecule has 4 rings (SSSR count). The number of hydrogen-bond donors (Lipinski definition) is 5. The number of aliphatic hydroxyl groups excluding tert-OH is 4. The van der Waals surface area contributed by atoms with Crippen molar-refractivity contribution < 1.29 is 48.9 Å². The molecule has 0 spiro atoms. The Morgan fingerprint density at radius 2 is 1.76 bits per heavy atom. The summed E-state index contributed by atoms with van der Waals surface area (Å²) in [5.74, 6) is 0.308. The third kappa shape index (κ3) is 4.15. The van der Waals surface area contributed by atoms with Crippen molar-refractivity contribution in [1.82, 2.24) is 0 Å². The number of phenolic OH excluding ortho intramolecular Hbond substituents is 1. The number of phenols is 1. The second kappa shape index (κ2) is 9.49. The van der Waals surface area contributed by atoms with E-state index in [4.69, 9.17) is 23.4 Å². The molecule has 11 nitrogen and oxygen atoms in total. The van der Waals surface area contributed by atoms with E-state index in [1.807, 2.05) is 0 Å². The van der Waals surface area contributed by atoms with Gasteiger partial charge >= 0.3 is 0 Å². The Labute approximate surface area is 192 Å². The normalized spacial score (nSPS) is 24.7. The van der Waals surface area contributed by atoms with E-state index in [1.54, 1.807) is 0 Å². The molecule has 182 valence electrons. The van der Waals surface area contributed by atoms with Crippen LogP contribution in [0.3, 0.4) is 0 Å². The van der Waals surface area contributed by atoms with E-state index in [-0.39, 0.29) is 45.0 Å². The van der Waals surface area contributed by atoms with Crippen molar-refractivity contribution in [2.75, 3.05) is 20.8 Å². The number of rotatable bonds is 6. The lowest BCUT2D eigenvalue weighted by Crippen LogP contribution is -2.60. The van der Waals surface area contributed by atoms with Gasteiger partial charge in [0, 0.05) is 6.07 Å². The molecule has 0 aliphatic carbocycles. The second-order valence-corrected chi connectivity index (χ2v) is 7.68. The van der Waals surface area contributed by atoms with E-state index in [0.29, 0.717) is 5.56 Å². The van der Waals surface area contributed by atoms with E-state index in [9.17, 15) is 30.3 Å². The van der Waals surface area contributed by atoms with E-state index in [0.717, 1.165) is 0 Å². The number of aliphatic hydroxyl groups is 4. The van der Waals surface area contributed by atoms with Crippen molar-refractivity contribution in [3.63, 3.8) is 0 Å². The van der Waals surface area contributed by atoms with Gasteiger partial charge in [-0.1, -0.05) is 0 Å². The summed E-state index contributed by atoms with van der Waals surface area (Å²) in [7, 11) is 2.78. The molecule has 2 heterocycles. The zero-order chi connectivity index (χ0) is 24.6. The molecule has 1 saturated heterocycles. The van der Waals surface area contributed by atoms with Crippen LogP contribution in [0, 0.1) is 0 Å². The van der Waals surface area contributed by atoms with Crippen molar-refractivity contribution in [2.24, 2.45) is 0 Å². The van der Waals surface area contributed by atoms with Crippen LogP contribution in [-0.2, 0) is 4.74 Å².